The highest BCUT2D eigenvalue weighted by Gasteiger charge is 2.43. The highest BCUT2D eigenvalue weighted by molar-refractivity contribution is 5.98. The lowest BCUT2D eigenvalue weighted by Gasteiger charge is -2.39. The molecule has 0 saturated carbocycles. The number of methoxy groups -OCH3 is 1. The van der Waals surface area contributed by atoms with E-state index in [0.717, 1.165) is 5.56 Å². The summed E-state index contributed by atoms with van der Waals surface area (Å²) in [7, 11) is 14.0. The molecule has 1 aromatic carbocycles. The first kappa shape index (κ1) is 72.8. The van der Waals surface area contributed by atoms with Gasteiger partial charge in [-0.05, 0) is 114 Å². The van der Waals surface area contributed by atoms with Gasteiger partial charge >= 0.3 is 5.97 Å². The van der Waals surface area contributed by atoms with E-state index >= 15 is 9.59 Å². The van der Waals surface area contributed by atoms with Crippen molar-refractivity contribution in [1.29, 1.82) is 0 Å². The number of nitrogens with one attached hydrogen (secondary N) is 3. The molecule has 1 aliphatic rings. The molecular weight excluding hydrogens is 1060 g/mol. The number of ether oxygens (including phenoxy) is 2. The van der Waals surface area contributed by atoms with Gasteiger partial charge in [0.15, 0.2) is 6.10 Å². The monoisotopic (exact) mass is 1170 g/mol. The Morgan fingerprint density at radius 3 is 1.81 bits per heavy atom. The van der Waals surface area contributed by atoms with E-state index in [0.29, 0.717) is 18.6 Å². The van der Waals surface area contributed by atoms with Crippen molar-refractivity contribution < 1.29 is 57.4 Å². The second kappa shape index (κ2) is 33.2. The molecule has 2 rings (SSSR count). The topological polar surface area (TPSA) is 248 Å². The van der Waals surface area contributed by atoms with E-state index in [1.165, 1.54) is 85.4 Å². The van der Waals surface area contributed by atoms with Gasteiger partial charge in [0.25, 0.3) is 5.91 Å². The molecule has 22 nitrogen and oxygen atoms in total. The molecule has 0 spiro atoms. The fraction of sp³-hybridized carbons (Fsp3) is 0.738. The second-order valence-electron chi connectivity index (χ2n) is 24.6. The van der Waals surface area contributed by atoms with Crippen molar-refractivity contribution in [2.45, 2.75) is 195 Å². The van der Waals surface area contributed by atoms with Gasteiger partial charge in [-0.3, -0.25) is 52.8 Å². The summed E-state index contributed by atoms with van der Waals surface area (Å²) in [5.74, 6) is -6.43. The molecule has 1 heterocycles. The van der Waals surface area contributed by atoms with Crippen LogP contribution in [-0.2, 0) is 59.1 Å². The molecule has 0 radical (unpaired) electrons. The smallest absolute Gasteiger partial charge is 0.324 e. The average molecular weight is 1170 g/mol. The number of esters is 1. The fourth-order valence-electron chi connectivity index (χ4n) is 10.6. The quantitative estimate of drug-likeness (QED) is 0.157. The van der Waals surface area contributed by atoms with Crippen LogP contribution >= 0.6 is 0 Å². The van der Waals surface area contributed by atoms with Crippen LogP contribution in [0, 0.1) is 29.6 Å². The summed E-state index contributed by atoms with van der Waals surface area (Å²) in [4.78, 5) is 154. The number of carbonyl (C=O) groups excluding carboxylic acids is 10. The van der Waals surface area contributed by atoms with Crippen LogP contribution in [0.25, 0.3) is 0 Å². The highest BCUT2D eigenvalue weighted by Crippen LogP contribution is 2.24. The first-order valence-electron chi connectivity index (χ1n) is 29.5. The number of benzene rings is 1. The molecule has 470 valence electrons. The van der Waals surface area contributed by atoms with Crippen LogP contribution < -0.4 is 20.7 Å². The standard InChI is InChI=1S/C61H104N10O12/c1-23-39(10)50-53(73)62-40(11)55(75)69(19)47(32-35(2)3)52(72)64-45(34-43-27-29-44(82-22)30-28-43)58(78)66(16)31-25-24-26-46(59(79)67(17)42(13)57(77)71(50)21)68(18)60(80)48(33-36(4)5)70(20)56(76)41(12)63-54(74)51(38(8)9)83-61(81)49(37(6)7)65(14)15/h27-30,35-42,45-51H,23-26,31-34H2,1-22H3,(H,62,73)(H,63,74)(H,64,72)/t39-,40-,41-,42-,45-,46-,47-,48-,49-,50-,51+/m0/s1. The SMILES string of the molecule is CC[C@H](C)[C@H]1C(=O)N[C@@H](C)C(=O)N(C)[C@@H](CC(C)C)C(=O)N[C@@H](Cc2ccc(OC)cc2)C(=O)N(C)CCCC[C@H](N(C)C(=O)[C@H](CC(C)C)N(C)C(=O)[C@H](C)NC(=O)[C@H](OC(=O)[C@H](C(C)C)N(C)C)C(C)C)C(=O)N(C)[C@@H](C)C(=O)N1C. The van der Waals surface area contributed by atoms with E-state index in [1.54, 1.807) is 78.2 Å². The minimum atomic E-state index is -1.22. The van der Waals surface area contributed by atoms with Gasteiger partial charge in [-0.2, -0.15) is 0 Å². The van der Waals surface area contributed by atoms with Crippen molar-refractivity contribution in [3.8, 4) is 5.75 Å². The minimum Gasteiger partial charge on any atom is -0.497 e. The predicted octanol–water partition coefficient (Wildman–Crippen LogP) is 3.82. The maximum atomic E-state index is 15.1. The summed E-state index contributed by atoms with van der Waals surface area (Å²) in [5.41, 5.74) is 0.729. The van der Waals surface area contributed by atoms with Crippen molar-refractivity contribution in [1.82, 2.24) is 50.2 Å². The Balaban J connectivity index is 2.75. The summed E-state index contributed by atoms with van der Waals surface area (Å²) >= 11 is 0. The molecule has 0 aromatic heterocycles. The van der Waals surface area contributed by atoms with Crippen molar-refractivity contribution in [3.05, 3.63) is 29.8 Å². The lowest BCUT2D eigenvalue weighted by molar-refractivity contribution is -0.164. The molecule has 22 heteroatoms. The summed E-state index contributed by atoms with van der Waals surface area (Å²) in [6.45, 7) is 23.1. The third-order valence-corrected chi connectivity index (χ3v) is 16.0. The Morgan fingerprint density at radius 2 is 1.30 bits per heavy atom. The molecule has 0 bridgehead atoms. The van der Waals surface area contributed by atoms with Crippen LogP contribution in [0.1, 0.15) is 134 Å². The molecular formula is C61H104N10O12. The molecule has 1 fully saturated rings. The minimum absolute atomic E-state index is 0.0581. The molecule has 83 heavy (non-hydrogen) atoms. The summed E-state index contributed by atoms with van der Waals surface area (Å²) in [6, 6.07) is -2.59. The van der Waals surface area contributed by atoms with Gasteiger partial charge in [-0.1, -0.05) is 87.8 Å². The Bertz CT molecular complexity index is 2360. The third-order valence-electron chi connectivity index (χ3n) is 16.0. The number of hydrogen-bond donors (Lipinski definition) is 3. The summed E-state index contributed by atoms with van der Waals surface area (Å²) < 4.78 is 11.1. The lowest BCUT2D eigenvalue weighted by atomic mass is 9.95. The van der Waals surface area contributed by atoms with Crippen LogP contribution in [-0.4, -0.2) is 224 Å². The van der Waals surface area contributed by atoms with E-state index < -0.39 is 131 Å². The predicted molar refractivity (Wildman–Crippen MR) is 319 cm³/mol. The first-order chi connectivity index (χ1) is 38.5. The maximum absolute atomic E-state index is 15.1. The van der Waals surface area contributed by atoms with E-state index in [-0.39, 0.29) is 56.4 Å². The van der Waals surface area contributed by atoms with Gasteiger partial charge in [0.2, 0.25) is 47.3 Å². The van der Waals surface area contributed by atoms with Gasteiger partial charge in [0.1, 0.15) is 60.1 Å². The van der Waals surface area contributed by atoms with Gasteiger partial charge in [0.05, 0.1) is 7.11 Å². The number of hydrogen-bond acceptors (Lipinski definition) is 13. The van der Waals surface area contributed by atoms with Crippen molar-refractivity contribution in [2.75, 3.05) is 70.0 Å². The summed E-state index contributed by atoms with van der Waals surface area (Å²) in [5, 5.41) is 8.47. The Hall–Kier alpha value is -6.32. The fourth-order valence-corrected chi connectivity index (χ4v) is 10.6. The van der Waals surface area contributed by atoms with Gasteiger partial charge < -0.3 is 54.8 Å². The average Bonchev–Trinajstić information content (AvgIpc) is 3.42. The van der Waals surface area contributed by atoms with Crippen LogP contribution in [0.5, 0.6) is 5.75 Å². The van der Waals surface area contributed by atoms with Crippen LogP contribution in [0.15, 0.2) is 24.3 Å². The van der Waals surface area contributed by atoms with Crippen LogP contribution in [0.4, 0.5) is 0 Å². The van der Waals surface area contributed by atoms with Gasteiger partial charge in [-0.25, -0.2) is 0 Å². The molecule has 0 unspecified atom stereocenters. The van der Waals surface area contributed by atoms with Gasteiger partial charge in [-0.15, -0.1) is 0 Å². The Kier molecular flexibility index (Phi) is 29.2. The van der Waals surface area contributed by atoms with Crippen molar-refractivity contribution in [3.63, 3.8) is 0 Å². The number of carbonyl (C=O) groups is 10. The Labute approximate surface area is 495 Å². The molecule has 0 aliphatic carbocycles. The zero-order valence-electron chi connectivity index (χ0n) is 54.2. The first-order valence-corrected chi connectivity index (χ1v) is 29.5. The van der Waals surface area contributed by atoms with Gasteiger partial charge in [0, 0.05) is 55.3 Å². The molecule has 1 aliphatic heterocycles. The second-order valence-corrected chi connectivity index (χ2v) is 24.6. The van der Waals surface area contributed by atoms with Crippen molar-refractivity contribution >= 4 is 59.1 Å². The lowest BCUT2D eigenvalue weighted by Crippen LogP contribution is -2.61. The molecule has 9 amide bonds. The maximum Gasteiger partial charge on any atom is 0.324 e. The largest absolute Gasteiger partial charge is 0.497 e. The Morgan fingerprint density at radius 1 is 0.711 bits per heavy atom. The van der Waals surface area contributed by atoms with E-state index in [4.69, 9.17) is 9.47 Å². The van der Waals surface area contributed by atoms with E-state index in [2.05, 4.69) is 16.0 Å². The number of nitrogens with zero attached hydrogens (tertiary/aromatic N) is 7. The number of rotatable bonds is 20. The highest BCUT2D eigenvalue weighted by atomic mass is 16.6. The van der Waals surface area contributed by atoms with Crippen LogP contribution in [0.3, 0.4) is 0 Å². The molecule has 3 N–H and O–H groups in total. The van der Waals surface area contributed by atoms with Crippen molar-refractivity contribution in [2.24, 2.45) is 29.6 Å². The third kappa shape index (κ3) is 20.2. The van der Waals surface area contributed by atoms with E-state index in [9.17, 15) is 38.4 Å². The zero-order chi connectivity index (χ0) is 63.7. The van der Waals surface area contributed by atoms with E-state index in [1.807, 2.05) is 48.5 Å². The van der Waals surface area contributed by atoms with Crippen LogP contribution in [0.2, 0.25) is 0 Å². The molecule has 11 atom stereocenters. The normalized spacial score (nSPS) is 22.6. The number of likely N-dealkylation sites (N-methyl/N-ethyl adjacent to an activating group) is 7. The summed E-state index contributed by atoms with van der Waals surface area (Å²) in [6.07, 6.45) is 0.408. The molecule has 1 saturated heterocycles. The number of amides is 9. The molecule has 1 aromatic rings. The zero-order valence-corrected chi connectivity index (χ0v) is 54.2.